The van der Waals surface area contributed by atoms with Gasteiger partial charge in [-0.05, 0) is 36.4 Å². The maximum absolute atomic E-state index is 12.3. The molecular weight excluding hydrogens is 344 g/mol. The number of anilines is 1. The Morgan fingerprint density at radius 3 is 2.56 bits per heavy atom. The molecule has 0 fully saturated rings. The van der Waals surface area contributed by atoms with Gasteiger partial charge in [0.1, 0.15) is 0 Å². The minimum absolute atomic E-state index is 0.0778. The first-order chi connectivity index (χ1) is 12.0. The van der Waals surface area contributed by atoms with Gasteiger partial charge in [0, 0.05) is 23.9 Å². The van der Waals surface area contributed by atoms with E-state index in [-0.39, 0.29) is 24.1 Å². The van der Waals surface area contributed by atoms with E-state index in [1.165, 1.54) is 30.3 Å². The zero-order valence-electron chi connectivity index (χ0n) is 13.2. The van der Waals surface area contributed by atoms with Gasteiger partial charge in [-0.2, -0.15) is 0 Å². The number of benzene rings is 2. The van der Waals surface area contributed by atoms with Gasteiger partial charge >= 0.3 is 0 Å². The van der Waals surface area contributed by atoms with Crippen LogP contribution in [-0.4, -0.2) is 27.7 Å². The van der Waals surface area contributed by atoms with Gasteiger partial charge in [0.05, 0.1) is 4.90 Å². The van der Waals surface area contributed by atoms with E-state index < -0.39 is 10.0 Å². The number of rotatable bonds is 6. The number of carbonyl (C=O) groups is 1. The molecule has 0 atom stereocenters. The molecule has 1 heterocycles. The summed E-state index contributed by atoms with van der Waals surface area (Å²) in [4.78, 5) is 12.4. The average molecular weight is 360 g/mol. The summed E-state index contributed by atoms with van der Waals surface area (Å²) >= 11 is 0. The third kappa shape index (κ3) is 3.81. The molecule has 0 bridgehead atoms. The van der Waals surface area contributed by atoms with Crippen molar-refractivity contribution >= 4 is 21.6 Å². The number of ether oxygens (including phenoxy) is 2. The van der Waals surface area contributed by atoms with Gasteiger partial charge in [-0.3, -0.25) is 4.79 Å². The second-order valence-corrected chi connectivity index (χ2v) is 6.95. The lowest BCUT2D eigenvalue weighted by Gasteiger charge is -2.08. The molecule has 1 aliphatic rings. The fourth-order valence-electron chi connectivity index (χ4n) is 2.21. The molecular formula is C17H16N2O5S. The van der Waals surface area contributed by atoms with Crippen LogP contribution in [0.2, 0.25) is 0 Å². The fourth-order valence-corrected chi connectivity index (χ4v) is 3.21. The molecule has 8 heteroatoms. The first kappa shape index (κ1) is 17.0. The number of fused-ring (bicyclic) bond motifs is 1. The smallest absolute Gasteiger partial charge is 0.255 e. The Morgan fingerprint density at radius 1 is 1.12 bits per heavy atom. The number of amides is 1. The Balaban J connectivity index is 1.71. The third-order valence-electron chi connectivity index (χ3n) is 3.47. The number of sulfonamides is 1. The Hall–Kier alpha value is -2.84. The largest absolute Gasteiger partial charge is 0.454 e. The van der Waals surface area contributed by atoms with Crippen LogP contribution in [0.25, 0.3) is 0 Å². The van der Waals surface area contributed by atoms with E-state index in [0.717, 1.165) is 0 Å². The Labute approximate surface area is 145 Å². The maximum Gasteiger partial charge on any atom is 0.255 e. The van der Waals surface area contributed by atoms with E-state index in [4.69, 9.17) is 9.47 Å². The molecule has 2 aromatic carbocycles. The molecule has 3 rings (SSSR count). The maximum atomic E-state index is 12.3. The quantitative estimate of drug-likeness (QED) is 0.770. The second kappa shape index (κ2) is 6.96. The van der Waals surface area contributed by atoms with Crippen molar-refractivity contribution < 1.29 is 22.7 Å². The van der Waals surface area contributed by atoms with Crippen LogP contribution in [0.5, 0.6) is 11.5 Å². The van der Waals surface area contributed by atoms with E-state index in [1.54, 1.807) is 18.2 Å². The van der Waals surface area contributed by atoms with E-state index in [1.807, 2.05) is 0 Å². The van der Waals surface area contributed by atoms with Crippen molar-refractivity contribution in [3.05, 3.63) is 60.7 Å². The molecule has 1 aliphatic heterocycles. The highest BCUT2D eigenvalue weighted by atomic mass is 32.2. The van der Waals surface area contributed by atoms with Crippen molar-refractivity contribution in [1.82, 2.24) is 4.72 Å². The lowest BCUT2D eigenvalue weighted by molar-refractivity contribution is 0.102. The highest BCUT2D eigenvalue weighted by molar-refractivity contribution is 7.89. The van der Waals surface area contributed by atoms with Crippen molar-refractivity contribution in [3.63, 3.8) is 0 Å². The van der Waals surface area contributed by atoms with E-state index >= 15 is 0 Å². The van der Waals surface area contributed by atoms with Crippen molar-refractivity contribution in [2.45, 2.75) is 4.90 Å². The highest BCUT2D eigenvalue weighted by Crippen LogP contribution is 2.34. The van der Waals surface area contributed by atoms with E-state index in [9.17, 15) is 13.2 Å². The summed E-state index contributed by atoms with van der Waals surface area (Å²) in [7, 11) is -3.61. The minimum atomic E-state index is -3.61. The van der Waals surface area contributed by atoms with Crippen molar-refractivity contribution in [2.24, 2.45) is 0 Å². The predicted octanol–water partition coefficient (Wildman–Crippen LogP) is 2.13. The normalized spacial score (nSPS) is 12.6. The minimum Gasteiger partial charge on any atom is -0.454 e. The van der Waals surface area contributed by atoms with Crippen LogP contribution in [0.3, 0.4) is 0 Å². The lowest BCUT2D eigenvalue weighted by atomic mass is 10.2. The van der Waals surface area contributed by atoms with Crippen molar-refractivity contribution in [1.29, 1.82) is 0 Å². The Kier molecular flexibility index (Phi) is 4.73. The molecule has 1 amide bonds. The molecule has 0 aromatic heterocycles. The summed E-state index contributed by atoms with van der Waals surface area (Å²) in [5, 5.41) is 2.73. The van der Waals surface area contributed by atoms with Gasteiger partial charge in [0.25, 0.3) is 5.91 Å². The molecule has 0 aliphatic carbocycles. The number of hydrogen-bond donors (Lipinski definition) is 2. The van der Waals surface area contributed by atoms with Gasteiger partial charge < -0.3 is 14.8 Å². The third-order valence-corrected chi connectivity index (χ3v) is 4.91. The number of nitrogens with one attached hydrogen (secondary N) is 2. The lowest BCUT2D eigenvalue weighted by Crippen LogP contribution is -2.23. The molecule has 0 unspecified atom stereocenters. The highest BCUT2D eigenvalue weighted by Gasteiger charge is 2.16. The monoisotopic (exact) mass is 360 g/mol. The van der Waals surface area contributed by atoms with Crippen LogP contribution in [0.4, 0.5) is 5.69 Å². The van der Waals surface area contributed by atoms with Crippen molar-refractivity contribution in [3.8, 4) is 11.5 Å². The summed E-state index contributed by atoms with van der Waals surface area (Å²) in [6, 6.07) is 10.7. The zero-order valence-corrected chi connectivity index (χ0v) is 14.0. The summed E-state index contributed by atoms with van der Waals surface area (Å²) in [5.41, 5.74) is 0.888. The SMILES string of the molecule is C=CCNS(=O)(=O)c1ccc(C(=O)Nc2ccc3c(c2)OCO3)cc1. The van der Waals surface area contributed by atoms with Crippen LogP contribution in [0.1, 0.15) is 10.4 Å². The van der Waals surface area contributed by atoms with Gasteiger partial charge in [0.15, 0.2) is 11.5 Å². The van der Waals surface area contributed by atoms with E-state index in [0.29, 0.717) is 22.7 Å². The standard InChI is InChI=1S/C17H16N2O5S/c1-2-9-18-25(21,22)14-6-3-12(4-7-14)17(20)19-13-5-8-15-16(10-13)24-11-23-15/h2-8,10,18H,1,9,11H2,(H,19,20). The number of carbonyl (C=O) groups excluding carboxylic acids is 1. The first-order valence-electron chi connectivity index (χ1n) is 7.41. The second-order valence-electron chi connectivity index (χ2n) is 5.19. The number of hydrogen-bond acceptors (Lipinski definition) is 5. The molecule has 2 aromatic rings. The predicted molar refractivity (Wildman–Crippen MR) is 92.3 cm³/mol. The van der Waals surface area contributed by atoms with Crippen LogP contribution in [0.15, 0.2) is 60.0 Å². The molecule has 0 radical (unpaired) electrons. The zero-order chi connectivity index (χ0) is 17.9. The van der Waals surface area contributed by atoms with Gasteiger partial charge in [-0.15, -0.1) is 6.58 Å². The van der Waals surface area contributed by atoms with Gasteiger partial charge in [-0.1, -0.05) is 6.08 Å². The molecule has 0 saturated carbocycles. The van der Waals surface area contributed by atoms with Crippen molar-refractivity contribution in [2.75, 3.05) is 18.7 Å². The van der Waals surface area contributed by atoms with Crippen LogP contribution in [-0.2, 0) is 10.0 Å². The summed E-state index contributed by atoms with van der Waals surface area (Å²) in [6.45, 7) is 3.75. The Bertz CT molecular complexity index is 907. The Morgan fingerprint density at radius 2 is 1.84 bits per heavy atom. The molecule has 7 nitrogen and oxygen atoms in total. The van der Waals surface area contributed by atoms with Gasteiger partial charge in [-0.25, -0.2) is 13.1 Å². The van der Waals surface area contributed by atoms with Gasteiger partial charge in [0.2, 0.25) is 16.8 Å². The topological polar surface area (TPSA) is 93.7 Å². The van der Waals surface area contributed by atoms with Crippen LogP contribution < -0.4 is 19.5 Å². The first-order valence-corrected chi connectivity index (χ1v) is 8.89. The molecule has 2 N–H and O–H groups in total. The average Bonchev–Trinajstić information content (AvgIpc) is 3.08. The molecule has 25 heavy (non-hydrogen) atoms. The van der Waals surface area contributed by atoms with E-state index in [2.05, 4.69) is 16.6 Å². The molecule has 0 saturated heterocycles. The van der Waals surface area contributed by atoms with Crippen LogP contribution >= 0.6 is 0 Å². The molecule has 130 valence electrons. The fraction of sp³-hybridized carbons (Fsp3) is 0.118. The van der Waals surface area contributed by atoms with Crippen LogP contribution in [0, 0.1) is 0 Å². The summed E-state index contributed by atoms with van der Waals surface area (Å²) in [6.07, 6.45) is 1.45. The summed E-state index contributed by atoms with van der Waals surface area (Å²) in [5.74, 6) is 0.828. The summed E-state index contributed by atoms with van der Waals surface area (Å²) < 4.78 is 36.8. The molecule has 0 spiro atoms.